The Morgan fingerprint density at radius 3 is 2.67 bits per heavy atom. The first kappa shape index (κ1) is 16.6. The lowest BCUT2D eigenvalue weighted by Gasteiger charge is -2.24. The van der Waals surface area contributed by atoms with Gasteiger partial charge >= 0.3 is 6.18 Å². The van der Waals surface area contributed by atoms with E-state index in [1.165, 1.54) is 12.1 Å². The summed E-state index contributed by atoms with van der Waals surface area (Å²) in [4.78, 5) is 0. The molecule has 0 bridgehead atoms. The van der Waals surface area contributed by atoms with E-state index in [9.17, 15) is 13.2 Å². The molecule has 1 N–H and O–H groups in total. The summed E-state index contributed by atoms with van der Waals surface area (Å²) in [7, 11) is 1.79. The second kappa shape index (κ2) is 7.51. The van der Waals surface area contributed by atoms with Gasteiger partial charge in [-0.1, -0.05) is 12.1 Å². The Morgan fingerprint density at radius 1 is 1.33 bits per heavy atom. The molecule has 0 aromatic heterocycles. The monoisotopic (exact) mass is 319 g/mol. The van der Waals surface area contributed by atoms with Gasteiger partial charge in [0, 0.05) is 30.3 Å². The van der Waals surface area contributed by atoms with E-state index in [1.807, 2.05) is 11.8 Å². The SMILES string of the molecule is CNC(CSC1CCOCC1)c1cccc(C(F)(F)F)c1. The van der Waals surface area contributed by atoms with Crippen molar-refractivity contribution in [3.05, 3.63) is 35.4 Å². The van der Waals surface area contributed by atoms with Crippen LogP contribution in [0.2, 0.25) is 0 Å². The number of hydrogen-bond donors (Lipinski definition) is 1. The summed E-state index contributed by atoms with van der Waals surface area (Å²) in [5, 5.41) is 3.66. The van der Waals surface area contributed by atoms with Gasteiger partial charge in [0.05, 0.1) is 5.56 Å². The number of nitrogens with one attached hydrogen (secondary N) is 1. The molecule has 1 unspecified atom stereocenters. The van der Waals surface area contributed by atoms with Crippen LogP contribution in [-0.2, 0) is 10.9 Å². The Balaban J connectivity index is 1.99. The zero-order chi connectivity index (χ0) is 15.3. The zero-order valence-electron chi connectivity index (χ0n) is 12.0. The normalized spacial score (nSPS) is 18.7. The molecule has 1 aromatic carbocycles. The van der Waals surface area contributed by atoms with Gasteiger partial charge in [0.2, 0.25) is 0 Å². The first-order valence-corrected chi connectivity index (χ1v) is 8.09. The smallest absolute Gasteiger partial charge is 0.381 e. The van der Waals surface area contributed by atoms with Gasteiger partial charge in [0.1, 0.15) is 0 Å². The number of ether oxygens (including phenoxy) is 1. The Morgan fingerprint density at radius 2 is 2.05 bits per heavy atom. The lowest BCUT2D eigenvalue weighted by Crippen LogP contribution is -2.23. The molecule has 6 heteroatoms. The van der Waals surface area contributed by atoms with E-state index in [0.29, 0.717) is 10.8 Å². The molecule has 2 rings (SSSR count). The molecule has 118 valence electrons. The van der Waals surface area contributed by atoms with Gasteiger partial charge < -0.3 is 10.1 Å². The van der Waals surface area contributed by atoms with Crippen LogP contribution in [-0.4, -0.2) is 31.3 Å². The third-order valence-electron chi connectivity index (χ3n) is 3.63. The Labute approximate surface area is 127 Å². The second-order valence-electron chi connectivity index (χ2n) is 5.11. The predicted octanol–water partition coefficient (Wildman–Crippen LogP) is 3.88. The van der Waals surface area contributed by atoms with Crippen LogP contribution in [0.15, 0.2) is 24.3 Å². The molecule has 1 heterocycles. The standard InChI is InChI=1S/C15H20F3NOS/c1-19-14(10-21-13-5-7-20-8-6-13)11-3-2-4-12(9-11)15(16,17)18/h2-4,9,13-14,19H,5-8,10H2,1H3. The van der Waals surface area contributed by atoms with Crippen LogP contribution >= 0.6 is 11.8 Å². The van der Waals surface area contributed by atoms with E-state index in [1.54, 1.807) is 13.1 Å². The van der Waals surface area contributed by atoms with Crippen LogP contribution in [0.4, 0.5) is 13.2 Å². The first-order chi connectivity index (χ1) is 10.0. The van der Waals surface area contributed by atoms with E-state index in [4.69, 9.17) is 4.74 Å². The van der Waals surface area contributed by atoms with Crippen molar-refractivity contribution in [2.45, 2.75) is 30.3 Å². The van der Waals surface area contributed by atoms with E-state index >= 15 is 0 Å². The summed E-state index contributed by atoms with van der Waals surface area (Å²) < 4.78 is 43.6. The molecule has 1 atom stereocenters. The van der Waals surface area contributed by atoms with Crippen LogP contribution in [0.1, 0.15) is 30.0 Å². The van der Waals surface area contributed by atoms with Crippen LogP contribution in [0.5, 0.6) is 0 Å². The summed E-state index contributed by atoms with van der Waals surface area (Å²) in [5.41, 5.74) is 0.100. The molecule has 0 saturated carbocycles. The quantitative estimate of drug-likeness (QED) is 0.890. The fraction of sp³-hybridized carbons (Fsp3) is 0.600. The predicted molar refractivity (Wildman–Crippen MR) is 79.5 cm³/mol. The minimum absolute atomic E-state index is 0.0693. The summed E-state index contributed by atoms with van der Waals surface area (Å²) >= 11 is 1.81. The minimum atomic E-state index is -4.29. The Hall–Kier alpha value is -0.720. The number of hydrogen-bond acceptors (Lipinski definition) is 3. The summed E-state index contributed by atoms with van der Waals surface area (Å²) in [5.74, 6) is 0.766. The van der Waals surface area contributed by atoms with Crippen LogP contribution < -0.4 is 5.32 Å². The number of alkyl halides is 3. The van der Waals surface area contributed by atoms with Gasteiger partial charge in [-0.05, 0) is 37.6 Å². The number of halogens is 3. The highest BCUT2D eigenvalue weighted by molar-refractivity contribution is 7.99. The van der Waals surface area contributed by atoms with Crippen molar-refractivity contribution in [3.63, 3.8) is 0 Å². The van der Waals surface area contributed by atoms with Crippen molar-refractivity contribution in [1.29, 1.82) is 0 Å². The fourth-order valence-corrected chi connectivity index (χ4v) is 3.70. The average molecular weight is 319 g/mol. The zero-order valence-corrected chi connectivity index (χ0v) is 12.8. The lowest BCUT2D eigenvalue weighted by molar-refractivity contribution is -0.137. The molecular weight excluding hydrogens is 299 g/mol. The third-order valence-corrected chi connectivity index (χ3v) is 5.10. The molecule has 1 aromatic rings. The summed E-state index contributed by atoms with van der Waals surface area (Å²) in [6.45, 7) is 1.57. The van der Waals surface area contributed by atoms with E-state index < -0.39 is 11.7 Å². The lowest BCUT2D eigenvalue weighted by atomic mass is 10.1. The molecule has 0 spiro atoms. The van der Waals surface area contributed by atoms with Crippen molar-refractivity contribution in [1.82, 2.24) is 5.32 Å². The highest BCUT2D eigenvalue weighted by atomic mass is 32.2. The summed E-state index contributed by atoms with van der Waals surface area (Å²) in [6.07, 6.45) is -2.25. The Kier molecular flexibility index (Phi) is 5.96. The maximum atomic E-state index is 12.8. The Bertz CT molecular complexity index is 447. The molecule has 1 aliphatic heterocycles. The number of benzene rings is 1. The molecule has 21 heavy (non-hydrogen) atoms. The fourth-order valence-electron chi connectivity index (χ4n) is 2.35. The third kappa shape index (κ3) is 4.90. The maximum absolute atomic E-state index is 12.8. The molecule has 2 nitrogen and oxygen atoms in total. The van der Waals surface area contributed by atoms with Crippen molar-refractivity contribution in [3.8, 4) is 0 Å². The highest BCUT2D eigenvalue weighted by Gasteiger charge is 2.31. The van der Waals surface area contributed by atoms with Crippen LogP contribution in [0.25, 0.3) is 0 Å². The second-order valence-corrected chi connectivity index (χ2v) is 6.44. The molecule has 0 aliphatic carbocycles. The maximum Gasteiger partial charge on any atom is 0.416 e. The van der Waals surface area contributed by atoms with Crippen molar-refractivity contribution in [2.75, 3.05) is 26.0 Å². The van der Waals surface area contributed by atoms with E-state index in [2.05, 4.69) is 5.32 Å². The van der Waals surface area contributed by atoms with E-state index in [0.717, 1.165) is 37.9 Å². The van der Waals surface area contributed by atoms with Crippen molar-refractivity contribution < 1.29 is 17.9 Å². The van der Waals surface area contributed by atoms with Crippen LogP contribution in [0, 0.1) is 0 Å². The average Bonchev–Trinajstić information content (AvgIpc) is 2.48. The molecule has 1 aliphatic rings. The van der Waals surface area contributed by atoms with Crippen molar-refractivity contribution >= 4 is 11.8 Å². The summed E-state index contributed by atoms with van der Waals surface area (Å²) in [6, 6.07) is 5.51. The molecular formula is C15H20F3NOS. The minimum Gasteiger partial charge on any atom is -0.381 e. The molecule has 1 fully saturated rings. The topological polar surface area (TPSA) is 21.3 Å². The number of rotatable bonds is 5. The van der Waals surface area contributed by atoms with Gasteiger partial charge in [0.25, 0.3) is 0 Å². The first-order valence-electron chi connectivity index (χ1n) is 7.04. The largest absolute Gasteiger partial charge is 0.416 e. The molecule has 0 amide bonds. The van der Waals surface area contributed by atoms with Gasteiger partial charge in [-0.15, -0.1) is 0 Å². The molecule has 1 saturated heterocycles. The van der Waals surface area contributed by atoms with Crippen molar-refractivity contribution in [2.24, 2.45) is 0 Å². The van der Waals surface area contributed by atoms with Crippen LogP contribution in [0.3, 0.4) is 0 Å². The van der Waals surface area contributed by atoms with E-state index in [-0.39, 0.29) is 6.04 Å². The number of thioether (sulfide) groups is 1. The van der Waals surface area contributed by atoms with Gasteiger partial charge in [-0.3, -0.25) is 0 Å². The molecule has 0 radical (unpaired) electrons. The van der Waals surface area contributed by atoms with Gasteiger partial charge in [-0.2, -0.15) is 24.9 Å². The van der Waals surface area contributed by atoms with Gasteiger partial charge in [-0.25, -0.2) is 0 Å². The van der Waals surface area contributed by atoms with Gasteiger partial charge in [0.15, 0.2) is 0 Å². The highest BCUT2D eigenvalue weighted by Crippen LogP contribution is 2.32.